The summed E-state index contributed by atoms with van der Waals surface area (Å²) >= 11 is 0. The second kappa shape index (κ2) is 10.2. The van der Waals surface area contributed by atoms with E-state index < -0.39 is 6.04 Å². The first-order valence-electron chi connectivity index (χ1n) is 11.5. The molecule has 0 saturated heterocycles. The van der Waals surface area contributed by atoms with Crippen LogP contribution >= 0.6 is 0 Å². The topological polar surface area (TPSA) is 89.4 Å². The van der Waals surface area contributed by atoms with Crippen molar-refractivity contribution < 1.29 is 14.3 Å². The van der Waals surface area contributed by atoms with Gasteiger partial charge in [0.05, 0.1) is 0 Å². The average molecular weight is 468 g/mol. The Morgan fingerprint density at radius 2 is 1.74 bits per heavy atom. The van der Waals surface area contributed by atoms with Crippen molar-refractivity contribution in [2.24, 2.45) is 0 Å². The molecule has 1 aliphatic heterocycles. The number of benzene rings is 2. The standard InChI is InChI=1S/C27H25N5O3/c33-24(19-35-22-11-5-2-6-12-22)32-15-14-31-18-23(27(34)29-17-20-8-7-13-28-16-20)30-26(31)25(32)21-9-3-1-4-10-21/h1-13,16,18,25H,14-15,17,19H2,(H,29,34). The third-order valence-electron chi connectivity index (χ3n) is 5.90. The molecule has 0 bridgehead atoms. The molecule has 8 heteroatoms. The summed E-state index contributed by atoms with van der Waals surface area (Å²) in [5.41, 5.74) is 2.15. The van der Waals surface area contributed by atoms with Gasteiger partial charge < -0.3 is 19.5 Å². The molecule has 4 aromatic rings. The maximum atomic E-state index is 13.2. The predicted molar refractivity (Wildman–Crippen MR) is 130 cm³/mol. The summed E-state index contributed by atoms with van der Waals surface area (Å²) in [6, 6.07) is 22.3. The largest absolute Gasteiger partial charge is 0.484 e. The number of nitrogens with one attached hydrogen (secondary N) is 1. The second-order valence-corrected chi connectivity index (χ2v) is 8.22. The number of carbonyl (C=O) groups is 2. The van der Waals surface area contributed by atoms with E-state index in [2.05, 4.69) is 15.3 Å². The number of aromatic nitrogens is 3. The molecule has 3 heterocycles. The highest BCUT2D eigenvalue weighted by Crippen LogP contribution is 2.31. The molecule has 5 rings (SSSR count). The number of ether oxygens (including phenoxy) is 1. The zero-order valence-corrected chi connectivity index (χ0v) is 19.1. The minimum Gasteiger partial charge on any atom is -0.484 e. The van der Waals surface area contributed by atoms with Crippen LogP contribution in [0.3, 0.4) is 0 Å². The maximum Gasteiger partial charge on any atom is 0.271 e. The van der Waals surface area contributed by atoms with Crippen LogP contribution in [-0.4, -0.2) is 44.4 Å². The molecule has 2 aromatic carbocycles. The van der Waals surface area contributed by atoms with Gasteiger partial charge in [0.25, 0.3) is 11.8 Å². The molecule has 0 saturated carbocycles. The van der Waals surface area contributed by atoms with E-state index in [-0.39, 0.29) is 18.4 Å². The molecule has 0 aliphatic carbocycles. The summed E-state index contributed by atoms with van der Waals surface area (Å²) in [5.74, 6) is 0.887. The summed E-state index contributed by atoms with van der Waals surface area (Å²) in [4.78, 5) is 36.6. The van der Waals surface area contributed by atoms with Crippen LogP contribution in [0.2, 0.25) is 0 Å². The number of amides is 2. The zero-order valence-electron chi connectivity index (χ0n) is 19.1. The maximum absolute atomic E-state index is 13.2. The van der Waals surface area contributed by atoms with Crippen LogP contribution in [0.15, 0.2) is 91.4 Å². The van der Waals surface area contributed by atoms with Gasteiger partial charge in [0.1, 0.15) is 23.3 Å². The molecule has 1 atom stereocenters. The molecule has 2 amide bonds. The minimum absolute atomic E-state index is 0.0769. The van der Waals surface area contributed by atoms with E-state index in [9.17, 15) is 9.59 Å². The Kier molecular flexibility index (Phi) is 6.52. The molecule has 2 aromatic heterocycles. The molecule has 8 nitrogen and oxygen atoms in total. The Balaban J connectivity index is 1.37. The lowest BCUT2D eigenvalue weighted by Crippen LogP contribution is -2.44. The molecule has 176 valence electrons. The Morgan fingerprint density at radius 1 is 0.971 bits per heavy atom. The highest BCUT2D eigenvalue weighted by molar-refractivity contribution is 5.92. The smallest absolute Gasteiger partial charge is 0.271 e. The first-order chi connectivity index (χ1) is 17.2. The number of pyridine rings is 1. The van der Waals surface area contributed by atoms with Crippen molar-refractivity contribution in [3.8, 4) is 5.75 Å². The van der Waals surface area contributed by atoms with E-state index in [0.717, 1.165) is 11.1 Å². The van der Waals surface area contributed by atoms with Gasteiger partial charge in [-0.3, -0.25) is 14.6 Å². The fourth-order valence-corrected chi connectivity index (χ4v) is 4.17. The molecular formula is C27H25N5O3. The summed E-state index contributed by atoms with van der Waals surface area (Å²) in [6.07, 6.45) is 5.16. The minimum atomic E-state index is -0.420. The van der Waals surface area contributed by atoms with Crippen LogP contribution in [0, 0.1) is 0 Å². The molecule has 0 fully saturated rings. The first-order valence-corrected chi connectivity index (χ1v) is 11.5. The lowest BCUT2D eigenvalue weighted by atomic mass is 10.0. The van der Waals surface area contributed by atoms with Gasteiger partial charge in [0.2, 0.25) is 0 Å². The van der Waals surface area contributed by atoms with Crippen molar-refractivity contribution in [1.29, 1.82) is 0 Å². The number of hydrogen-bond donors (Lipinski definition) is 1. The van der Waals surface area contributed by atoms with Crippen molar-refractivity contribution in [3.63, 3.8) is 0 Å². The van der Waals surface area contributed by atoms with Gasteiger partial charge >= 0.3 is 0 Å². The van der Waals surface area contributed by atoms with Crippen LogP contribution < -0.4 is 10.1 Å². The van der Waals surface area contributed by atoms with Gasteiger partial charge in [-0.25, -0.2) is 4.98 Å². The van der Waals surface area contributed by atoms with Crippen LogP contribution in [0.4, 0.5) is 0 Å². The molecular weight excluding hydrogens is 442 g/mol. The van der Waals surface area contributed by atoms with Gasteiger partial charge in [-0.2, -0.15) is 0 Å². The summed E-state index contributed by atoms with van der Waals surface area (Å²) in [5, 5.41) is 2.90. The highest BCUT2D eigenvalue weighted by Gasteiger charge is 2.35. The Hall–Kier alpha value is -4.46. The second-order valence-electron chi connectivity index (χ2n) is 8.22. The number of carbonyl (C=O) groups excluding carboxylic acids is 2. The van der Waals surface area contributed by atoms with Crippen LogP contribution in [-0.2, 0) is 17.9 Å². The van der Waals surface area contributed by atoms with Crippen molar-refractivity contribution >= 4 is 11.8 Å². The Morgan fingerprint density at radius 3 is 2.49 bits per heavy atom. The van der Waals surface area contributed by atoms with Gasteiger partial charge in [0.15, 0.2) is 6.61 Å². The fourth-order valence-electron chi connectivity index (χ4n) is 4.17. The van der Waals surface area contributed by atoms with Crippen molar-refractivity contribution in [3.05, 3.63) is 114 Å². The molecule has 35 heavy (non-hydrogen) atoms. The van der Waals surface area contributed by atoms with Crippen LogP contribution in [0.25, 0.3) is 0 Å². The van der Waals surface area contributed by atoms with E-state index >= 15 is 0 Å². The summed E-state index contributed by atoms with van der Waals surface area (Å²) in [7, 11) is 0. The molecule has 1 aliphatic rings. The third-order valence-corrected chi connectivity index (χ3v) is 5.90. The Bertz CT molecular complexity index is 1290. The molecule has 1 N–H and O–H groups in total. The number of imidazole rings is 1. The van der Waals surface area contributed by atoms with Crippen molar-refractivity contribution in [2.75, 3.05) is 13.2 Å². The number of rotatable bonds is 7. The number of hydrogen-bond acceptors (Lipinski definition) is 5. The average Bonchev–Trinajstić information content (AvgIpc) is 3.36. The monoisotopic (exact) mass is 467 g/mol. The van der Waals surface area contributed by atoms with Crippen LogP contribution in [0.5, 0.6) is 5.75 Å². The fraction of sp³-hybridized carbons (Fsp3) is 0.185. The lowest BCUT2D eigenvalue weighted by Gasteiger charge is -2.36. The zero-order chi connectivity index (χ0) is 24.0. The third kappa shape index (κ3) is 5.06. The molecule has 0 radical (unpaired) electrons. The van der Waals surface area contributed by atoms with E-state index in [4.69, 9.17) is 4.74 Å². The number of fused-ring (bicyclic) bond motifs is 1. The number of para-hydroxylation sites is 1. The van der Waals surface area contributed by atoms with Gasteiger partial charge in [0, 0.05) is 38.2 Å². The Labute approximate surface area is 203 Å². The van der Waals surface area contributed by atoms with E-state index in [1.807, 2.05) is 77.4 Å². The van der Waals surface area contributed by atoms with Gasteiger partial charge in [-0.15, -0.1) is 0 Å². The van der Waals surface area contributed by atoms with E-state index in [1.165, 1.54) is 0 Å². The number of nitrogens with zero attached hydrogens (tertiary/aromatic N) is 4. The highest BCUT2D eigenvalue weighted by atomic mass is 16.5. The summed E-state index contributed by atoms with van der Waals surface area (Å²) < 4.78 is 7.68. The van der Waals surface area contributed by atoms with Crippen molar-refractivity contribution in [1.82, 2.24) is 24.8 Å². The van der Waals surface area contributed by atoms with Crippen LogP contribution in [0.1, 0.15) is 33.5 Å². The molecule has 0 spiro atoms. The first kappa shape index (κ1) is 22.3. The van der Waals surface area contributed by atoms with Crippen molar-refractivity contribution in [2.45, 2.75) is 19.1 Å². The quantitative estimate of drug-likeness (QED) is 0.451. The van der Waals surface area contributed by atoms with E-state index in [1.54, 1.807) is 23.5 Å². The van der Waals surface area contributed by atoms with E-state index in [0.29, 0.717) is 36.9 Å². The lowest BCUT2D eigenvalue weighted by molar-refractivity contribution is -0.136. The SMILES string of the molecule is O=C(NCc1cccnc1)c1cn2c(n1)C(c1ccccc1)N(C(=O)COc1ccccc1)CC2. The normalized spacial score (nSPS) is 14.7. The van der Waals surface area contributed by atoms with Gasteiger partial charge in [-0.1, -0.05) is 54.6 Å². The van der Waals surface area contributed by atoms with Gasteiger partial charge in [-0.05, 0) is 29.3 Å². The predicted octanol–water partition coefficient (Wildman–Crippen LogP) is 3.22. The molecule has 1 unspecified atom stereocenters. The summed E-state index contributed by atoms with van der Waals surface area (Å²) in [6.45, 7) is 1.31.